The van der Waals surface area contributed by atoms with Crippen LogP contribution in [-0.2, 0) is 11.2 Å². The summed E-state index contributed by atoms with van der Waals surface area (Å²) in [7, 11) is 0. The molecule has 1 heterocycles. The highest BCUT2D eigenvalue weighted by atomic mass is 16.2. The van der Waals surface area contributed by atoms with Gasteiger partial charge >= 0.3 is 0 Å². The van der Waals surface area contributed by atoms with Crippen molar-refractivity contribution in [1.29, 1.82) is 0 Å². The number of nitrogens with one attached hydrogen (secondary N) is 2. The van der Waals surface area contributed by atoms with Gasteiger partial charge in [0.2, 0.25) is 5.91 Å². The Kier molecular flexibility index (Phi) is 4.81. The van der Waals surface area contributed by atoms with Gasteiger partial charge in [-0.3, -0.25) is 4.79 Å². The molecule has 0 bridgehead atoms. The Morgan fingerprint density at radius 1 is 1.30 bits per heavy atom. The number of rotatable bonds is 4. The van der Waals surface area contributed by atoms with Gasteiger partial charge in [0.25, 0.3) is 0 Å². The van der Waals surface area contributed by atoms with Gasteiger partial charge in [0, 0.05) is 5.41 Å². The SMILES string of the molecule is CCc1ccc(C(C)NC(=O)C2(C)CCNCC2)cc1. The van der Waals surface area contributed by atoms with E-state index in [2.05, 4.69) is 55.7 Å². The summed E-state index contributed by atoms with van der Waals surface area (Å²) in [4.78, 5) is 12.5. The average molecular weight is 274 g/mol. The first-order valence-electron chi connectivity index (χ1n) is 7.66. The smallest absolute Gasteiger partial charge is 0.226 e. The van der Waals surface area contributed by atoms with E-state index in [1.165, 1.54) is 11.1 Å². The van der Waals surface area contributed by atoms with E-state index in [0.29, 0.717) is 0 Å². The molecule has 0 aromatic heterocycles. The van der Waals surface area contributed by atoms with Crippen LogP contribution in [0.4, 0.5) is 0 Å². The van der Waals surface area contributed by atoms with E-state index in [1.807, 2.05) is 0 Å². The maximum absolute atomic E-state index is 12.5. The summed E-state index contributed by atoms with van der Waals surface area (Å²) in [6.07, 6.45) is 2.88. The van der Waals surface area contributed by atoms with Crippen LogP contribution in [0.1, 0.15) is 50.8 Å². The highest BCUT2D eigenvalue weighted by Crippen LogP contribution is 2.29. The van der Waals surface area contributed by atoms with E-state index >= 15 is 0 Å². The predicted molar refractivity (Wildman–Crippen MR) is 82.6 cm³/mol. The molecule has 1 aromatic carbocycles. The molecule has 2 rings (SSSR count). The number of hydrogen-bond acceptors (Lipinski definition) is 2. The molecule has 0 aliphatic carbocycles. The van der Waals surface area contributed by atoms with Gasteiger partial charge in [-0.05, 0) is 50.4 Å². The number of carbonyl (C=O) groups excluding carboxylic acids is 1. The average Bonchev–Trinajstić information content (AvgIpc) is 2.48. The van der Waals surface area contributed by atoms with Gasteiger partial charge in [-0.25, -0.2) is 0 Å². The zero-order valence-corrected chi connectivity index (χ0v) is 12.8. The van der Waals surface area contributed by atoms with Gasteiger partial charge in [-0.2, -0.15) is 0 Å². The molecule has 3 nitrogen and oxygen atoms in total. The minimum atomic E-state index is -0.219. The topological polar surface area (TPSA) is 41.1 Å². The van der Waals surface area contributed by atoms with Gasteiger partial charge in [0.15, 0.2) is 0 Å². The Hall–Kier alpha value is -1.35. The van der Waals surface area contributed by atoms with Crippen LogP contribution in [0.2, 0.25) is 0 Å². The largest absolute Gasteiger partial charge is 0.349 e. The van der Waals surface area contributed by atoms with Crippen LogP contribution in [0.25, 0.3) is 0 Å². The van der Waals surface area contributed by atoms with E-state index in [1.54, 1.807) is 0 Å². The molecule has 1 aliphatic heterocycles. The molecule has 1 saturated heterocycles. The summed E-state index contributed by atoms with van der Waals surface area (Å²) < 4.78 is 0. The molecular formula is C17H26N2O. The third kappa shape index (κ3) is 3.40. The van der Waals surface area contributed by atoms with E-state index < -0.39 is 0 Å². The van der Waals surface area contributed by atoms with Crippen molar-refractivity contribution in [2.75, 3.05) is 13.1 Å². The molecule has 0 radical (unpaired) electrons. The number of hydrogen-bond donors (Lipinski definition) is 2. The number of amides is 1. The van der Waals surface area contributed by atoms with Crippen molar-refractivity contribution < 1.29 is 4.79 Å². The molecular weight excluding hydrogens is 248 g/mol. The monoisotopic (exact) mass is 274 g/mol. The van der Waals surface area contributed by atoms with Crippen LogP contribution >= 0.6 is 0 Å². The lowest BCUT2D eigenvalue weighted by Crippen LogP contribution is -2.46. The van der Waals surface area contributed by atoms with Crippen molar-refractivity contribution in [3.63, 3.8) is 0 Å². The van der Waals surface area contributed by atoms with Crippen molar-refractivity contribution in [2.45, 2.75) is 46.1 Å². The Labute approximate surface area is 122 Å². The standard InChI is InChI=1S/C17H26N2O/c1-4-14-5-7-15(8-6-14)13(2)19-16(20)17(3)9-11-18-12-10-17/h5-8,13,18H,4,9-12H2,1-3H3,(H,19,20). The Balaban J connectivity index is 1.99. The summed E-state index contributed by atoms with van der Waals surface area (Å²) in [5.74, 6) is 0.186. The van der Waals surface area contributed by atoms with Gasteiger partial charge in [-0.1, -0.05) is 38.1 Å². The molecule has 1 aromatic rings. The van der Waals surface area contributed by atoms with E-state index in [0.717, 1.165) is 32.4 Å². The number of carbonyl (C=O) groups is 1. The molecule has 1 atom stereocenters. The molecule has 2 N–H and O–H groups in total. The first kappa shape index (κ1) is 15.0. The number of benzene rings is 1. The second kappa shape index (κ2) is 6.40. The zero-order chi connectivity index (χ0) is 14.6. The van der Waals surface area contributed by atoms with Crippen molar-refractivity contribution in [2.24, 2.45) is 5.41 Å². The number of piperidine rings is 1. The fraction of sp³-hybridized carbons (Fsp3) is 0.588. The molecule has 3 heteroatoms. The first-order chi connectivity index (χ1) is 9.55. The molecule has 1 aliphatic rings. The lowest BCUT2D eigenvalue weighted by Gasteiger charge is -2.33. The van der Waals surface area contributed by atoms with Gasteiger partial charge in [0.05, 0.1) is 6.04 Å². The first-order valence-corrected chi connectivity index (χ1v) is 7.66. The zero-order valence-electron chi connectivity index (χ0n) is 12.8. The van der Waals surface area contributed by atoms with E-state index in [-0.39, 0.29) is 17.4 Å². The summed E-state index contributed by atoms with van der Waals surface area (Å²) in [5, 5.41) is 6.49. The Morgan fingerprint density at radius 3 is 2.45 bits per heavy atom. The fourth-order valence-corrected chi connectivity index (χ4v) is 2.70. The van der Waals surface area contributed by atoms with Gasteiger partial charge < -0.3 is 10.6 Å². The van der Waals surface area contributed by atoms with Gasteiger partial charge in [0.1, 0.15) is 0 Å². The van der Waals surface area contributed by atoms with Crippen molar-refractivity contribution >= 4 is 5.91 Å². The lowest BCUT2D eigenvalue weighted by molar-refractivity contribution is -0.132. The number of aryl methyl sites for hydroxylation is 1. The van der Waals surface area contributed by atoms with Gasteiger partial charge in [-0.15, -0.1) is 0 Å². The lowest BCUT2D eigenvalue weighted by atomic mass is 9.80. The molecule has 1 amide bonds. The second-order valence-corrected chi connectivity index (χ2v) is 6.10. The quantitative estimate of drug-likeness (QED) is 0.886. The van der Waals surface area contributed by atoms with Crippen LogP contribution in [0.3, 0.4) is 0 Å². The summed E-state index contributed by atoms with van der Waals surface area (Å²) in [6, 6.07) is 8.59. The Morgan fingerprint density at radius 2 is 1.90 bits per heavy atom. The minimum Gasteiger partial charge on any atom is -0.349 e. The predicted octanol–water partition coefficient (Wildman–Crippen LogP) is 2.82. The molecule has 0 spiro atoms. The third-order valence-corrected chi connectivity index (χ3v) is 4.49. The van der Waals surface area contributed by atoms with Crippen molar-refractivity contribution in [3.8, 4) is 0 Å². The highest BCUT2D eigenvalue weighted by Gasteiger charge is 2.35. The summed E-state index contributed by atoms with van der Waals surface area (Å²) in [6.45, 7) is 8.16. The maximum Gasteiger partial charge on any atom is 0.226 e. The van der Waals surface area contributed by atoms with E-state index in [9.17, 15) is 4.79 Å². The molecule has 110 valence electrons. The van der Waals surface area contributed by atoms with Crippen molar-refractivity contribution in [3.05, 3.63) is 35.4 Å². The minimum absolute atomic E-state index is 0.0696. The molecule has 1 fully saturated rings. The van der Waals surface area contributed by atoms with E-state index in [4.69, 9.17) is 0 Å². The normalized spacial score (nSPS) is 19.4. The van der Waals surface area contributed by atoms with Crippen molar-refractivity contribution in [1.82, 2.24) is 10.6 Å². The molecule has 1 unspecified atom stereocenters. The summed E-state index contributed by atoms with van der Waals surface area (Å²) >= 11 is 0. The van der Waals surface area contributed by atoms with Crippen LogP contribution in [-0.4, -0.2) is 19.0 Å². The highest BCUT2D eigenvalue weighted by molar-refractivity contribution is 5.82. The van der Waals surface area contributed by atoms with Crippen LogP contribution in [0, 0.1) is 5.41 Å². The fourth-order valence-electron chi connectivity index (χ4n) is 2.70. The van der Waals surface area contributed by atoms with Crippen LogP contribution in [0.5, 0.6) is 0 Å². The molecule has 0 saturated carbocycles. The van der Waals surface area contributed by atoms with Crippen LogP contribution in [0.15, 0.2) is 24.3 Å². The van der Waals surface area contributed by atoms with Crippen LogP contribution < -0.4 is 10.6 Å². The third-order valence-electron chi connectivity index (χ3n) is 4.49. The summed E-state index contributed by atoms with van der Waals surface area (Å²) in [5.41, 5.74) is 2.29. The second-order valence-electron chi connectivity index (χ2n) is 6.10. The maximum atomic E-state index is 12.5. The Bertz CT molecular complexity index is 447. The molecule has 20 heavy (non-hydrogen) atoms.